The van der Waals surface area contributed by atoms with Gasteiger partial charge in [0.25, 0.3) is 5.91 Å². The average molecular weight is 283 g/mol. The number of hydrogen-bond acceptors (Lipinski definition) is 3. The summed E-state index contributed by atoms with van der Waals surface area (Å²) in [4.78, 5) is 12.1. The summed E-state index contributed by atoms with van der Waals surface area (Å²) < 4.78 is 0. The van der Waals surface area contributed by atoms with Gasteiger partial charge in [-0.2, -0.15) is 0 Å². The van der Waals surface area contributed by atoms with Gasteiger partial charge in [0.05, 0.1) is 5.56 Å². The molecule has 4 heteroatoms. The lowest BCUT2D eigenvalue weighted by Crippen LogP contribution is -2.24. The summed E-state index contributed by atoms with van der Waals surface area (Å²) in [6.07, 6.45) is 0. The summed E-state index contributed by atoms with van der Waals surface area (Å²) >= 11 is 0. The molecule has 1 atom stereocenters. The standard InChI is InChI=1S/C17H21N3O/c1-3-19-17(21)15-11-14(18)9-10-16(15)20-12(2)13-7-5-4-6-8-13/h4-12,20H,3,18H2,1-2H3,(H,19,21). The Labute approximate surface area is 125 Å². The zero-order valence-corrected chi connectivity index (χ0v) is 12.4. The van der Waals surface area contributed by atoms with Crippen LogP contribution >= 0.6 is 0 Å². The van der Waals surface area contributed by atoms with Crippen LogP contribution < -0.4 is 16.4 Å². The van der Waals surface area contributed by atoms with E-state index in [0.717, 1.165) is 11.3 Å². The molecule has 0 heterocycles. The van der Waals surface area contributed by atoms with Gasteiger partial charge in [-0.25, -0.2) is 0 Å². The number of carbonyl (C=O) groups excluding carboxylic acids is 1. The van der Waals surface area contributed by atoms with E-state index in [-0.39, 0.29) is 11.9 Å². The van der Waals surface area contributed by atoms with Crippen molar-refractivity contribution in [1.82, 2.24) is 5.32 Å². The van der Waals surface area contributed by atoms with Crippen LogP contribution in [0.5, 0.6) is 0 Å². The molecular weight excluding hydrogens is 262 g/mol. The van der Waals surface area contributed by atoms with E-state index in [1.807, 2.05) is 31.2 Å². The van der Waals surface area contributed by atoms with Crippen molar-refractivity contribution in [3.05, 3.63) is 59.7 Å². The number of nitrogens with two attached hydrogens (primary N) is 1. The van der Waals surface area contributed by atoms with Crippen molar-refractivity contribution in [2.24, 2.45) is 0 Å². The fourth-order valence-electron chi connectivity index (χ4n) is 2.19. The van der Waals surface area contributed by atoms with E-state index < -0.39 is 0 Å². The highest BCUT2D eigenvalue weighted by Gasteiger charge is 2.13. The average Bonchev–Trinajstić information content (AvgIpc) is 2.50. The molecule has 0 aromatic heterocycles. The minimum Gasteiger partial charge on any atom is -0.399 e. The number of hydrogen-bond donors (Lipinski definition) is 3. The second kappa shape index (κ2) is 6.79. The maximum absolute atomic E-state index is 12.1. The number of carbonyl (C=O) groups is 1. The quantitative estimate of drug-likeness (QED) is 0.738. The first-order valence-electron chi connectivity index (χ1n) is 7.11. The molecule has 0 aliphatic rings. The monoisotopic (exact) mass is 283 g/mol. The predicted octanol–water partition coefficient (Wildman–Crippen LogP) is 3.19. The maximum atomic E-state index is 12.1. The molecule has 2 rings (SSSR count). The van der Waals surface area contributed by atoms with Crippen molar-refractivity contribution >= 4 is 17.3 Å². The van der Waals surface area contributed by atoms with E-state index in [9.17, 15) is 4.79 Å². The van der Waals surface area contributed by atoms with E-state index in [1.54, 1.807) is 12.1 Å². The molecule has 2 aromatic rings. The van der Waals surface area contributed by atoms with Crippen molar-refractivity contribution in [2.45, 2.75) is 19.9 Å². The Morgan fingerprint density at radius 1 is 1.19 bits per heavy atom. The molecule has 0 aliphatic heterocycles. The molecule has 0 saturated carbocycles. The van der Waals surface area contributed by atoms with Gasteiger partial charge in [-0.3, -0.25) is 4.79 Å². The van der Waals surface area contributed by atoms with Crippen LogP contribution in [0.15, 0.2) is 48.5 Å². The minimum atomic E-state index is -0.118. The first-order chi connectivity index (χ1) is 10.1. The summed E-state index contributed by atoms with van der Waals surface area (Å²) in [5.41, 5.74) is 8.89. The molecule has 2 aromatic carbocycles. The van der Waals surface area contributed by atoms with Crippen molar-refractivity contribution in [2.75, 3.05) is 17.6 Å². The van der Waals surface area contributed by atoms with Crippen molar-refractivity contribution in [3.8, 4) is 0 Å². The summed E-state index contributed by atoms with van der Waals surface area (Å²) in [5.74, 6) is -0.118. The highest BCUT2D eigenvalue weighted by atomic mass is 16.1. The van der Waals surface area contributed by atoms with Gasteiger partial charge in [-0.15, -0.1) is 0 Å². The predicted molar refractivity (Wildman–Crippen MR) is 87.3 cm³/mol. The van der Waals surface area contributed by atoms with Gasteiger partial charge >= 0.3 is 0 Å². The van der Waals surface area contributed by atoms with Crippen molar-refractivity contribution in [1.29, 1.82) is 0 Å². The molecule has 0 saturated heterocycles. The van der Waals surface area contributed by atoms with Gasteiger partial charge in [0.1, 0.15) is 0 Å². The highest BCUT2D eigenvalue weighted by Crippen LogP contribution is 2.24. The van der Waals surface area contributed by atoms with E-state index in [1.165, 1.54) is 0 Å². The number of benzene rings is 2. The topological polar surface area (TPSA) is 67.2 Å². The van der Waals surface area contributed by atoms with Gasteiger partial charge in [0, 0.05) is 24.0 Å². The SMILES string of the molecule is CCNC(=O)c1cc(N)ccc1NC(C)c1ccccc1. The maximum Gasteiger partial charge on any atom is 0.253 e. The van der Waals surface area contributed by atoms with E-state index >= 15 is 0 Å². The number of rotatable bonds is 5. The first kappa shape index (κ1) is 14.9. The summed E-state index contributed by atoms with van der Waals surface area (Å²) in [6.45, 7) is 4.54. The highest BCUT2D eigenvalue weighted by molar-refractivity contribution is 6.00. The van der Waals surface area contributed by atoms with Crippen LogP contribution in [0.4, 0.5) is 11.4 Å². The Morgan fingerprint density at radius 3 is 2.57 bits per heavy atom. The zero-order valence-electron chi connectivity index (χ0n) is 12.4. The zero-order chi connectivity index (χ0) is 15.2. The van der Waals surface area contributed by atoms with Crippen LogP contribution in [0.1, 0.15) is 35.8 Å². The van der Waals surface area contributed by atoms with Crippen LogP contribution in [0.25, 0.3) is 0 Å². The van der Waals surface area contributed by atoms with E-state index in [0.29, 0.717) is 17.8 Å². The second-order valence-corrected chi connectivity index (χ2v) is 4.94. The Balaban J connectivity index is 2.25. The van der Waals surface area contributed by atoms with Crippen LogP contribution in [-0.2, 0) is 0 Å². The lowest BCUT2D eigenvalue weighted by molar-refractivity contribution is 0.0956. The summed E-state index contributed by atoms with van der Waals surface area (Å²) in [6, 6.07) is 15.5. The Kier molecular flexibility index (Phi) is 4.82. The molecule has 0 aliphatic carbocycles. The van der Waals surface area contributed by atoms with Crippen LogP contribution in [0, 0.1) is 0 Å². The normalized spacial score (nSPS) is 11.7. The molecule has 110 valence electrons. The third kappa shape index (κ3) is 3.75. The third-order valence-corrected chi connectivity index (χ3v) is 3.30. The van der Waals surface area contributed by atoms with Gasteiger partial charge < -0.3 is 16.4 Å². The molecule has 0 fully saturated rings. The van der Waals surface area contributed by atoms with Gasteiger partial charge in [0.15, 0.2) is 0 Å². The molecule has 1 amide bonds. The van der Waals surface area contributed by atoms with Gasteiger partial charge in [-0.1, -0.05) is 30.3 Å². The molecule has 0 radical (unpaired) electrons. The van der Waals surface area contributed by atoms with Gasteiger partial charge in [0.2, 0.25) is 0 Å². The molecule has 4 N–H and O–H groups in total. The van der Waals surface area contributed by atoms with Gasteiger partial charge in [-0.05, 0) is 37.6 Å². The summed E-state index contributed by atoms with van der Waals surface area (Å²) in [5, 5.41) is 6.18. The van der Waals surface area contributed by atoms with E-state index in [4.69, 9.17) is 5.73 Å². The fourth-order valence-corrected chi connectivity index (χ4v) is 2.19. The molecule has 1 unspecified atom stereocenters. The molecule has 4 nitrogen and oxygen atoms in total. The molecule has 0 spiro atoms. The number of amides is 1. The van der Waals surface area contributed by atoms with E-state index in [2.05, 4.69) is 29.7 Å². The Morgan fingerprint density at radius 2 is 1.90 bits per heavy atom. The Bertz CT molecular complexity index is 611. The second-order valence-electron chi connectivity index (χ2n) is 4.94. The Hall–Kier alpha value is -2.49. The lowest BCUT2D eigenvalue weighted by Gasteiger charge is -2.18. The largest absolute Gasteiger partial charge is 0.399 e. The van der Waals surface area contributed by atoms with Crippen molar-refractivity contribution in [3.63, 3.8) is 0 Å². The lowest BCUT2D eigenvalue weighted by atomic mass is 10.1. The smallest absolute Gasteiger partial charge is 0.253 e. The number of nitrogen functional groups attached to an aromatic ring is 1. The van der Waals surface area contributed by atoms with Crippen LogP contribution in [0.3, 0.4) is 0 Å². The molecular formula is C17H21N3O. The number of nitrogens with one attached hydrogen (secondary N) is 2. The van der Waals surface area contributed by atoms with Crippen molar-refractivity contribution < 1.29 is 4.79 Å². The number of anilines is 2. The third-order valence-electron chi connectivity index (χ3n) is 3.30. The minimum absolute atomic E-state index is 0.100. The summed E-state index contributed by atoms with van der Waals surface area (Å²) in [7, 11) is 0. The molecule has 21 heavy (non-hydrogen) atoms. The first-order valence-corrected chi connectivity index (χ1v) is 7.11. The van der Waals surface area contributed by atoms with Crippen LogP contribution in [-0.4, -0.2) is 12.5 Å². The van der Waals surface area contributed by atoms with Crippen LogP contribution in [0.2, 0.25) is 0 Å². The fraction of sp³-hybridized carbons (Fsp3) is 0.235. The molecule has 0 bridgehead atoms.